The van der Waals surface area contributed by atoms with Crippen molar-refractivity contribution in [2.24, 2.45) is 0 Å². The van der Waals surface area contributed by atoms with Gasteiger partial charge in [-0.15, -0.1) is 0 Å². The van der Waals surface area contributed by atoms with E-state index in [2.05, 4.69) is 14.9 Å². The molecule has 0 radical (unpaired) electrons. The van der Waals surface area contributed by atoms with E-state index >= 15 is 0 Å². The fourth-order valence-corrected chi connectivity index (χ4v) is 7.13. The Morgan fingerprint density at radius 2 is 1.52 bits per heavy atom. The molecule has 3 aromatic rings. The van der Waals surface area contributed by atoms with Crippen LogP contribution in [0.2, 0.25) is 0 Å². The van der Waals surface area contributed by atoms with Crippen LogP contribution in [-0.2, 0) is 31.3 Å². The number of nitrogens with one attached hydrogen (secondary N) is 2. The summed E-state index contributed by atoms with van der Waals surface area (Å²) in [7, 11) is -4.27. The molecule has 4 rings (SSSR count). The maximum Gasteiger partial charge on any atom is 0.243 e. The summed E-state index contributed by atoms with van der Waals surface area (Å²) < 4.78 is 61.8. The lowest BCUT2D eigenvalue weighted by molar-refractivity contribution is -0.117. The van der Waals surface area contributed by atoms with Crippen molar-refractivity contribution >= 4 is 31.6 Å². The summed E-state index contributed by atoms with van der Waals surface area (Å²) in [4.78, 5) is 15.6. The molecule has 40 heavy (non-hydrogen) atoms. The Morgan fingerprint density at radius 1 is 0.900 bits per heavy atom. The number of hydrogen-bond donors (Lipinski definition) is 2. The van der Waals surface area contributed by atoms with Gasteiger partial charge in [0.05, 0.1) is 16.9 Å². The molecule has 0 unspecified atom stereocenters. The highest BCUT2D eigenvalue weighted by atomic mass is 32.2. The number of hydrogen-bond acceptors (Lipinski definition) is 7. The number of likely N-dealkylation sites (N-methyl/N-ethyl adjacent to an activating group) is 1. The van der Waals surface area contributed by atoms with E-state index in [9.17, 15) is 21.6 Å². The molecule has 0 saturated carbocycles. The van der Waals surface area contributed by atoms with Crippen molar-refractivity contribution in [2.45, 2.75) is 29.2 Å². The van der Waals surface area contributed by atoms with Crippen molar-refractivity contribution in [3.05, 3.63) is 83.9 Å². The maximum absolute atomic E-state index is 13.4. The Labute approximate surface area is 236 Å². The number of ether oxygens (including phenoxy) is 1. The first-order valence-electron chi connectivity index (χ1n) is 12.8. The van der Waals surface area contributed by atoms with E-state index in [0.29, 0.717) is 43.2 Å². The highest BCUT2D eigenvalue weighted by Gasteiger charge is 2.29. The number of amides is 1. The minimum absolute atomic E-state index is 0.00938. The van der Waals surface area contributed by atoms with Crippen LogP contribution in [0.1, 0.15) is 11.1 Å². The Morgan fingerprint density at radius 3 is 2.12 bits per heavy atom. The molecule has 0 aromatic heterocycles. The summed E-state index contributed by atoms with van der Waals surface area (Å²) in [6, 6.07) is 18.3. The van der Waals surface area contributed by atoms with E-state index in [4.69, 9.17) is 4.74 Å². The van der Waals surface area contributed by atoms with Crippen molar-refractivity contribution in [1.29, 1.82) is 0 Å². The molecule has 1 fully saturated rings. The van der Waals surface area contributed by atoms with Crippen LogP contribution in [0.25, 0.3) is 0 Å². The predicted octanol–water partition coefficient (Wildman–Crippen LogP) is 2.47. The Hall–Kier alpha value is -3.29. The van der Waals surface area contributed by atoms with Crippen LogP contribution < -0.4 is 14.8 Å². The summed E-state index contributed by atoms with van der Waals surface area (Å²) in [6.45, 7) is 3.86. The minimum atomic E-state index is -4.06. The zero-order valence-corrected chi connectivity index (χ0v) is 24.3. The lowest BCUT2D eigenvalue weighted by atomic mass is 10.1. The van der Waals surface area contributed by atoms with Crippen molar-refractivity contribution < 1.29 is 26.4 Å². The molecule has 3 aromatic carbocycles. The third-order valence-electron chi connectivity index (χ3n) is 6.80. The number of piperazine rings is 1. The minimum Gasteiger partial charge on any atom is -0.496 e. The number of nitrogens with zero attached hydrogens (tertiary/aromatic N) is 2. The first-order valence-corrected chi connectivity index (χ1v) is 15.7. The van der Waals surface area contributed by atoms with Gasteiger partial charge < -0.3 is 15.0 Å². The lowest BCUT2D eigenvalue weighted by Crippen LogP contribution is -2.47. The first kappa shape index (κ1) is 29.7. The van der Waals surface area contributed by atoms with Crippen molar-refractivity contribution in [2.75, 3.05) is 45.7 Å². The van der Waals surface area contributed by atoms with E-state index in [-0.39, 0.29) is 16.2 Å². The maximum atomic E-state index is 13.4. The first-order chi connectivity index (χ1) is 19.0. The zero-order valence-electron chi connectivity index (χ0n) is 22.7. The number of anilines is 1. The van der Waals surface area contributed by atoms with Gasteiger partial charge in [0.2, 0.25) is 26.0 Å². The molecule has 1 amide bonds. The van der Waals surface area contributed by atoms with E-state index in [1.54, 1.807) is 13.0 Å². The Kier molecular flexibility index (Phi) is 9.26. The van der Waals surface area contributed by atoms with Gasteiger partial charge in [0.1, 0.15) is 11.8 Å². The lowest BCUT2D eigenvalue weighted by Gasteiger charge is -2.31. The number of methoxy groups -OCH3 is 1. The smallest absolute Gasteiger partial charge is 0.243 e. The summed E-state index contributed by atoms with van der Waals surface area (Å²) >= 11 is 0. The number of carbonyl (C=O) groups is 1. The quantitative estimate of drug-likeness (QED) is 0.374. The number of carbonyl (C=O) groups excluding carboxylic acids is 1. The standard InChI is InChI=1S/C28H34N4O6S2/c1-21-19-25(13-14-27(21)38-3)39(34,35)30-26(20-22-7-5-4-6-8-22)28(33)29-23-9-11-24(12-10-23)40(36,37)32-17-15-31(2)16-18-32/h4-14,19,26,30H,15-18,20H2,1-3H3,(H,29,33)/t26-/m0/s1. The van der Waals surface area contributed by atoms with E-state index in [1.165, 1.54) is 47.8 Å². The van der Waals surface area contributed by atoms with Crippen LogP contribution in [0, 0.1) is 6.92 Å². The highest BCUT2D eigenvalue weighted by Crippen LogP contribution is 2.23. The number of rotatable bonds is 10. The molecule has 10 nitrogen and oxygen atoms in total. The van der Waals surface area contributed by atoms with Crippen molar-refractivity contribution in [3.8, 4) is 5.75 Å². The molecular formula is C28H34N4O6S2. The monoisotopic (exact) mass is 586 g/mol. The van der Waals surface area contributed by atoms with Gasteiger partial charge >= 0.3 is 0 Å². The van der Waals surface area contributed by atoms with Gasteiger partial charge in [-0.1, -0.05) is 30.3 Å². The molecule has 2 N–H and O–H groups in total. The summed E-state index contributed by atoms with van der Waals surface area (Å²) in [6.07, 6.45) is 0.108. The second-order valence-electron chi connectivity index (χ2n) is 9.72. The fourth-order valence-electron chi connectivity index (χ4n) is 4.43. The molecule has 1 atom stereocenters. The third-order valence-corrected chi connectivity index (χ3v) is 10.2. The molecule has 214 valence electrons. The van der Waals surface area contributed by atoms with Crippen LogP contribution in [0.3, 0.4) is 0 Å². The van der Waals surface area contributed by atoms with Gasteiger partial charge in [0.15, 0.2) is 0 Å². The zero-order chi connectivity index (χ0) is 28.9. The number of benzene rings is 3. The van der Waals surface area contributed by atoms with Crippen LogP contribution in [0.5, 0.6) is 5.75 Å². The van der Waals surface area contributed by atoms with Crippen LogP contribution in [-0.4, -0.2) is 78.3 Å². The normalized spacial score (nSPS) is 15.9. The average molecular weight is 587 g/mol. The summed E-state index contributed by atoms with van der Waals surface area (Å²) in [5, 5.41) is 2.73. The molecule has 1 saturated heterocycles. The largest absolute Gasteiger partial charge is 0.496 e. The highest BCUT2D eigenvalue weighted by molar-refractivity contribution is 7.89. The van der Waals surface area contributed by atoms with Crippen molar-refractivity contribution in [1.82, 2.24) is 13.9 Å². The second kappa shape index (κ2) is 12.5. The predicted molar refractivity (Wildman–Crippen MR) is 153 cm³/mol. The third kappa shape index (κ3) is 7.07. The summed E-state index contributed by atoms with van der Waals surface area (Å²) in [5.74, 6) is -0.0250. The number of sulfonamides is 2. The van der Waals surface area contributed by atoms with Crippen LogP contribution >= 0.6 is 0 Å². The van der Waals surface area contributed by atoms with Gasteiger partial charge in [-0.3, -0.25) is 4.79 Å². The Bertz CT molecular complexity index is 1540. The number of aryl methyl sites for hydroxylation is 1. The average Bonchev–Trinajstić information content (AvgIpc) is 2.93. The van der Waals surface area contributed by atoms with Crippen LogP contribution in [0.4, 0.5) is 5.69 Å². The van der Waals surface area contributed by atoms with E-state index in [1.807, 2.05) is 37.4 Å². The second-order valence-corrected chi connectivity index (χ2v) is 13.4. The summed E-state index contributed by atoms with van der Waals surface area (Å²) in [5.41, 5.74) is 1.76. The van der Waals surface area contributed by atoms with Crippen molar-refractivity contribution in [3.63, 3.8) is 0 Å². The van der Waals surface area contributed by atoms with Gasteiger partial charge in [-0.2, -0.15) is 9.03 Å². The van der Waals surface area contributed by atoms with Crippen LogP contribution in [0.15, 0.2) is 82.6 Å². The molecule has 1 aliphatic rings. The van der Waals surface area contributed by atoms with Gasteiger partial charge in [-0.25, -0.2) is 16.8 Å². The molecule has 1 aliphatic heterocycles. The SMILES string of the molecule is COc1ccc(S(=O)(=O)N[C@@H](Cc2ccccc2)C(=O)Nc2ccc(S(=O)(=O)N3CCN(C)CC3)cc2)cc1C. The van der Waals surface area contributed by atoms with E-state index < -0.39 is 32.0 Å². The van der Waals surface area contributed by atoms with Gasteiger partial charge in [0.25, 0.3) is 0 Å². The molecular weight excluding hydrogens is 552 g/mol. The van der Waals surface area contributed by atoms with E-state index in [0.717, 1.165) is 5.56 Å². The molecule has 0 aliphatic carbocycles. The van der Waals surface area contributed by atoms with Gasteiger partial charge in [-0.05, 0) is 74.0 Å². The molecule has 0 spiro atoms. The van der Waals surface area contributed by atoms with Gasteiger partial charge in [0, 0.05) is 31.9 Å². The molecule has 1 heterocycles. The molecule has 0 bridgehead atoms. The fraction of sp³-hybridized carbons (Fsp3) is 0.321. The Balaban J connectivity index is 1.53. The topological polar surface area (TPSA) is 125 Å². The molecule has 12 heteroatoms.